The molecule has 146 valence electrons. The summed E-state index contributed by atoms with van der Waals surface area (Å²) in [6.45, 7) is 2.13. The van der Waals surface area contributed by atoms with E-state index >= 15 is 0 Å². The highest BCUT2D eigenvalue weighted by Crippen LogP contribution is 2.12. The fourth-order valence-corrected chi connectivity index (χ4v) is 2.45. The summed E-state index contributed by atoms with van der Waals surface area (Å²) in [5.41, 5.74) is 1.07. The molecule has 0 bridgehead atoms. The maximum atomic E-state index is 10.4. The molecule has 1 aromatic carbocycles. The van der Waals surface area contributed by atoms with Crippen LogP contribution in [0.15, 0.2) is 55.1 Å². The molecule has 2 rings (SSSR count). The Balaban J connectivity index is 1.76. The smallest absolute Gasteiger partial charge is 0.327 e. The molecule has 0 aliphatic carbocycles. The number of ether oxygens (including phenoxy) is 3. The second-order valence-corrected chi connectivity index (χ2v) is 6.00. The topological polar surface area (TPSA) is 82.8 Å². The Morgan fingerprint density at radius 1 is 1.33 bits per heavy atom. The van der Waals surface area contributed by atoms with Gasteiger partial charge in [0.2, 0.25) is 0 Å². The number of rotatable bonds is 13. The number of hydrogen-bond donors (Lipinski definition) is 1. The molecule has 1 atom stereocenters. The number of hydrogen-bond acceptors (Lipinski definition) is 5. The van der Waals surface area contributed by atoms with Crippen LogP contribution >= 0.6 is 0 Å². The van der Waals surface area contributed by atoms with E-state index in [9.17, 15) is 4.79 Å². The molecular formula is C20H26N2O5. The van der Waals surface area contributed by atoms with Crippen molar-refractivity contribution < 1.29 is 24.1 Å². The highest BCUT2D eigenvalue weighted by molar-refractivity contribution is 5.79. The number of aromatic nitrogens is 2. The van der Waals surface area contributed by atoms with Gasteiger partial charge in [-0.25, -0.2) is 9.78 Å². The monoisotopic (exact) mass is 374 g/mol. The molecule has 27 heavy (non-hydrogen) atoms. The van der Waals surface area contributed by atoms with Crippen molar-refractivity contribution in [2.45, 2.75) is 32.1 Å². The molecule has 0 amide bonds. The van der Waals surface area contributed by atoms with Crippen LogP contribution < -0.4 is 4.74 Å². The Labute approximate surface area is 159 Å². The third kappa shape index (κ3) is 8.52. The van der Waals surface area contributed by atoms with Gasteiger partial charge in [0.15, 0.2) is 0 Å². The van der Waals surface area contributed by atoms with Crippen molar-refractivity contribution in [3.63, 3.8) is 0 Å². The maximum Gasteiger partial charge on any atom is 0.327 e. The predicted octanol–water partition coefficient (Wildman–Crippen LogP) is 2.91. The van der Waals surface area contributed by atoms with Gasteiger partial charge in [0.25, 0.3) is 0 Å². The van der Waals surface area contributed by atoms with Gasteiger partial charge in [-0.15, -0.1) is 0 Å². The predicted molar refractivity (Wildman–Crippen MR) is 101 cm³/mol. The minimum atomic E-state index is -0.930. The quantitative estimate of drug-likeness (QED) is 0.429. The van der Waals surface area contributed by atoms with Crippen LogP contribution in [0.2, 0.25) is 0 Å². The average Bonchev–Trinajstić information content (AvgIpc) is 3.17. The zero-order valence-electron chi connectivity index (χ0n) is 15.5. The van der Waals surface area contributed by atoms with Gasteiger partial charge in [-0.05, 0) is 30.5 Å². The number of carbonyl (C=O) groups is 1. The summed E-state index contributed by atoms with van der Waals surface area (Å²) < 4.78 is 18.8. The van der Waals surface area contributed by atoms with Gasteiger partial charge in [0.1, 0.15) is 5.75 Å². The first-order valence-corrected chi connectivity index (χ1v) is 8.85. The summed E-state index contributed by atoms with van der Waals surface area (Å²) in [7, 11) is 1.64. The zero-order valence-corrected chi connectivity index (χ0v) is 15.5. The van der Waals surface area contributed by atoms with Gasteiger partial charge in [0.05, 0.1) is 39.3 Å². The second kappa shape index (κ2) is 11.9. The number of benzene rings is 1. The van der Waals surface area contributed by atoms with Crippen LogP contribution in [-0.2, 0) is 27.4 Å². The van der Waals surface area contributed by atoms with Gasteiger partial charge in [-0.3, -0.25) is 0 Å². The summed E-state index contributed by atoms with van der Waals surface area (Å²) in [5.74, 6) is -0.113. The first kappa shape index (κ1) is 20.7. The fourth-order valence-electron chi connectivity index (χ4n) is 2.45. The number of methoxy groups -OCH3 is 1. The van der Waals surface area contributed by atoms with Crippen molar-refractivity contribution >= 4 is 5.97 Å². The second-order valence-electron chi connectivity index (χ2n) is 6.00. The van der Waals surface area contributed by atoms with E-state index in [-0.39, 0.29) is 6.10 Å². The number of nitrogens with zero attached hydrogens (tertiary/aromatic N) is 2. The maximum absolute atomic E-state index is 10.4. The first-order valence-electron chi connectivity index (χ1n) is 8.85. The first-order chi connectivity index (χ1) is 13.2. The minimum Gasteiger partial charge on any atom is -0.497 e. The summed E-state index contributed by atoms with van der Waals surface area (Å²) in [6.07, 6.45) is 9.45. The Morgan fingerprint density at radius 2 is 2.15 bits per heavy atom. The third-order valence-electron chi connectivity index (χ3n) is 3.83. The Hall–Kier alpha value is -2.64. The molecule has 7 nitrogen and oxygen atoms in total. The molecule has 1 unspecified atom stereocenters. The molecule has 0 aliphatic rings. The lowest BCUT2D eigenvalue weighted by atomic mass is 10.2. The Bertz CT molecular complexity index is 683. The normalized spacial score (nSPS) is 12.3. The van der Waals surface area contributed by atoms with Crippen molar-refractivity contribution in [3.8, 4) is 5.75 Å². The minimum absolute atomic E-state index is 0.110. The summed E-state index contributed by atoms with van der Waals surface area (Å²) in [4.78, 5) is 14.5. The summed E-state index contributed by atoms with van der Waals surface area (Å²) in [5, 5.41) is 8.57. The van der Waals surface area contributed by atoms with E-state index in [2.05, 4.69) is 4.98 Å². The van der Waals surface area contributed by atoms with Gasteiger partial charge >= 0.3 is 5.97 Å². The van der Waals surface area contributed by atoms with E-state index in [4.69, 9.17) is 19.3 Å². The molecule has 0 spiro atoms. The Morgan fingerprint density at radius 3 is 2.81 bits per heavy atom. The number of imidazole rings is 1. The van der Waals surface area contributed by atoms with Crippen molar-refractivity contribution in [3.05, 3.63) is 60.7 Å². The van der Waals surface area contributed by atoms with E-state index in [0.29, 0.717) is 32.8 Å². The van der Waals surface area contributed by atoms with Crippen LogP contribution in [0.5, 0.6) is 5.75 Å². The number of carboxylic acid groups (broad SMARTS) is 1. The van der Waals surface area contributed by atoms with Crippen molar-refractivity contribution in [2.75, 3.05) is 20.3 Å². The van der Waals surface area contributed by atoms with Gasteiger partial charge in [-0.1, -0.05) is 18.2 Å². The fraction of sp³-hybridized carbons (Fsp3) is 0.400. The lowest BCUT2D eigenvalue weighted by Crippen LogP contribution is -2.25. The molecular weight excluding hydrogens is 348 g/mol. The van der Waals surface area contributed by atoms with Crippen LogP contribution in [0.25, 0.3) is 0 Å². The van der Waals surface area contributed by atoms with Crippen LogP contribution in [0.4, 0.5) is 0 Å². The molecule has 0 aliphatic heterocycles. The number of carboxylic acids is 1. The zero-order chi connectivity index (χ0) is 19.3. The number of allylic oxidation sites excluding steroid dienone is 1. The van der Waals surface area contributed by atoms with E-state index in [0.717, 1.165) is 23.8 Å². The van der Waals surface area contributed by atoms with E-state index in [1.807, 2.05) is 35.0 Å². The average molecular weight is 374 g/mol. The largest absolute Gasteiger partial charge is 0.497 e. The highest BCUT2D eigenvalue weighted by Gasteiger charge is 2.10. The van der Waals surface area contributed by atoms with Crippen LogP contribution in [0.3, 0.4) is 0 Å². The highest BCUT2D eigenvalue weighted by atomic mass is 16.5. The molecule has 1 aromatic heterocycles. The van der Waals surface area contributed by atoms with Crippen LogP contribution in [0, 0.1) is 0 Å². The molecule has 1 heterocycles. The lowest BCUT2D eigenvalue weighted by Gasteiger charge is -2.18. The lowest BCUT2D eigenvalue weighted by molar-refractivity contribution is -0.131. The number of aliphatic carboxylic acids is 1. The van der Waals surface area contributed by atoms with Gasteiger partial charge < -0.3 is 23.9 Å². The van der Waals surface area contributed by atoms with Crippen molar-refractivity contribution in [1.82, 2.24) is 9.55 Å². The van der Waals surface area contributed by atoms with E-state index < -0.39 is 5.97 Å². The summed E-state index contributed by atoms with van der Waals surface area (Å²) >= 11 is 0. The molecule has 1 N–H and O–H groups in total. The molecule has 0 fully saturated rings. The SMILES string of the molecule is COc1ccc(COCC(Cn2ccnc2)OCCC/C=C/C(=O)O)cc1. The summed E-state index contributed by atoms with van der Waals surface area (Å²) in [6, 6.07) is 7.75. The molecule has 0 radical (unpaired) electrons. The van der Waals surface area contributed by atoms with Crippen molar-refractivity contribution in [2.24, 2.45) is 0 Å². The van der Waals surface area contributed by atoms with E-state index in [1.165, 1.54) is 0 Å². The Kier molecular flexibility index (Phi) is 9.09. The van der Waals surface area contributed by atoms with E-state index in [1.54, 1.807) is 25.7 Å². The standard InChI is InChI=1S/C20H26N2O5/c1-25-18-8-6-17(7-9-18)14-26-15-19(13-22-11-10-21-16-22)27-12-4-2-3-5-20(23)24/h3,5-11,16,19H,2,4,12-15H2,1H3,(H,23,24)/b5-3+. The molecule has 0 saturated carbocycles. The van der Waals surface area contributed by atoms with Gasteiger partial charge in [0, 0.05) is 25.1 Å². The van der Waals surface area contributed by atoms with Crippen LogP contribution in [0.1, 0.15) is 18.4 Å². The van der Waals surface area contributed by atoms with Crippen LogP contribution in [-0.4, -0.2) is 47.1 Å². The molecule has 7 heteroatoms. The molecule has 2 aromatic rings. The molecule has 0 saturated heterocycles. The number of unbranched alkanes of at least 4 members (excludes halogenated alkanes) is 1. The third-order valence-corrected chi connectivity index (χ3v) is 3.83. The van der Waals surface area contributed by atoms with Crippen molar-refractivity contribution in [1.29, 1.82) is 0 Å². The van der Waals surface area contributed by atoms with Gasteiger partial charge in [-0.2, -0.15) is 0 Å².